The fourth-order valence-electron chi connectivity index (χ4n) is 3.50. The summed E-state index contributed by atoms with van der Waals surface area (Å²) >= 11 is 3.76. The molecule has 1 heterocycles. The molecule has 1 aliphatic rings. The molecular formula is C24H23BrN2O. The first-order valence-corrected chi connectivity index (χ1v) is 10.4. The number of methoxy groups -OCH3 is 1. The minimum Gasteiger partial charge on any atom is -0.376 e. The molecule has 4 rings (SSSR count). The summed E-state index contributed by atoms with van der Waals surface area (Å²) in [5, 5.41) is 0. The zero-order chi connectivity index (χ0) is 19.5. The van der Waals surface area contributed by atoms with Gasteiger partial charge in [-0.2, -0.15) is 0 Å². The van der Waals surface area contributed by atoms with Gasteiger partial charge in [0, 0.05) is 28.3 Å². The van der Waals surface area contributed by atoms with Crippen molar-refractivity contribution in [3.63, 3.8) is 0 Å². The van der Waals surface area contributed by atoms with E-state index in [-0.39, 0.29) is 6.10 Å². The van der Waals surface area contributed by atoms with Crippen LogP contribution in [0, 0.1) is 12.8 Å². The van der Waals surface area contributed by atoms with Gasteiger partial charge in [-0.3, -0.25) is 4.98 Å². The highest BCUT2D eigenvalue weighted by atomic mass is 79.9. The molecule has 1 saturated carbocycles. The van der Waals surface area contributed by atoms with Gasteiger partial charge in [0.1, 0.15) is 0 Å². The molecule has 1 unspecified atom stereocenters. The number of ether oxygens (including phenoxy) is 1. The SMILES string of the molecule is COC(c1c(N=C(c2ccccc2)c2ccccc2)cnc(C)c1Br)C1CC1. The van der Waals surface area contributed by atoms with E-state index in [1.807, 2.05) is 49.5 Å². The maximum atomic E-state index is 5.90. The van der Waals surface area contributed by atoms with Gasteiger partial charge in [-0.05, 0) is 41.6 Å². The fourth-order valence-corrected chi connectivity index (χ4v) is 4.04. The third kappa shape index (κ3) is 3.94. The first-order valence-electron chi connectivity index (χ1n) is 9.56. The molecule has 0 radical (unpaired) electrons. The predicted molar refractivity (Wildman–Crippen MR) is 117 cm³/mol. The van der Waals surface area contributed by atoms with Gasteiger partial charge in [-0.15, -0.1) is 0 Å². The summed E-state index contributed by atoms with van der Waals surface area (Å²) < 4.78 is 6.90. The summed E-state index contributed by atoms with van der Waals surface area (Å²) in [6.45, 7) is 2.01. The summed E-state index contributed by atoms with van der Waals surface area (Å²) in [4.78, 5) is 9.69. The molecule has 0 N–H and O–H groups in total. The molecule has 1 fully saturated rings. The molecule has 28 heavy (non-hydrogen) atoms. The van der Waals surface area contributed by atoms with E-state index in [9.17, 15) is 0 Å². The van der Waals surface area contributed by atoms with Crippen LogP contribution in [0.2, 0.25) is 0 Å². The maximum absolute atomic E-state index is 5.90. The van der Waals surface area contributed by atoms with Gasteiger partial charge in [0.15, 0.2) is 0 Å². The van der Waals surface area contributed by atoms with E-state index in [0.717, 1.165) is 38.3 Å². The largest absolute Gasteiger partial charge is 0.376 e. The van der Waals surface area contributed by atoms with E-state index in [1.54, 1.807) is 7.11 Å². The number of hydrogen-bond acceptors (Lipinski definition) is 3. The number of nitrogens with zero attached hydrogens (tertiary/aromatic N) is 2. The standard InChI is InChI=1S/C24H23BrN2O/c1-16-22(25)21(24(28-2)19-13-14-19)20(15-26-16)27-23(17-9-5-3-6-10-17)18-11-7-4-8-12-18/h3-12,15,19,24H,13-14H2,1-2H3. The molecule has 1 aliphatic carbocycles. The van der Waals surface area contributed by atoms with Crippen molar-refractivity contribution >= 4 is 27.3 Å². The van der Waals surface area contributed by atoms with Gasteiger partial charge >= 0.3 is 0 Å². The lowest BCUT2D eigenvalue weighted by Crippen LogP contribution is -2.08. The average Bonchev–Trinajstić information content (AvgIpc) is 3.57. The van der Waals surface area contributed by atoms with Crippen molar-refractivity contribution in [1.29, 1.82) is 0 Å². The molecule has 0 aliphatic heterocycles. The average molecular weight is 435 g/mol. The molecule has 0 spiro atoms. The topological polar surface area (TPSA) is 34.5 Å². The van der Waals surface area contributed by atoms with Gasteiger partial charge in [0.2, 0.25) is 0 Å². The number of aromatic nitrogens is 1. The zero-order valence-corrected chi connectivity index (χ0v) is 17.7. The van der Waals surface area contributed by atoms with Gasteiger partial charge in [-0.1, -0.05) is 60.7 Å². The van der Waals surface area contributed by atoms with Crippen molar-refractivity contribution in [3.05, 3.63) is 93.7 Å². The zero-order valence-electron chi connectivity index (χ0n) is 16.1. The van der Waals surface area contributed by atoms with Crippen molar-refractivity contribution in [3.8, 4) is 0 Å². The van der Waals surface area contributed by atoms with Gasteiger partial charge < -0.3 is 4.74 Å². The second-order valence-electron chi connectivity index (χ2n) is 7.14. The van der Waals surface area contributed by atoms with Crippen molar-refractivity contribution in [2.75, 3.05) is 7.11 Å². The van der Waals surface area contributed by atoms with Gasteiger partial charge in [0.05, 0.1) is 29.4 Å². The van der Waals surface area contributed by atoms with Crippen LogP contribution in [0.25, 0.3) is 0 Å². The summed E-state index contributed by atoms with van der Waals surface area (Å²) in [5.74, 6) is 0.550. The number of rotatable bonds is 6. The minimum absolute atomic E-state index is 0.0302. The number of benzene rings is 2. The van der Waals surface area contributed by atoms with Crippen LogP contribution in [0.3, 0.4) is 0 Å². The molecule has 1 aromatic heterocycles. The van der Waals surface area contributed by atoms with Crippen LogP contribution in [0.15, 0.2) is 76.3 Å². The van der Waals surface area contributed by atoms with E-state index in [4.69, 9.17) is 9.73 Å². The van der Waals surface area contributed by atoms with Crippen LogP contribution in [0.1, 0.15) is 41.3 Å². The Bertz CT molecular complexity index is 941. The Hall–Kier alpha value is -2.30. The first-order chi connectivity index (χ1) is 13.7. The second-order valence-corrected chi connectivity index (χ2v) is 7.94. The molecule has 142 valence electrons. The third-order valence-corrected chi connectivity index (χ3v) is 6.13. The normalized spacial score (nSPS) is 14.5. The van der Waals surface area contributed by atoms with Crippen molar-refractivity contribution < 1.29 is 4.74 Å². The lowest BCUT2D eigenvalue weighted by Gasteiger charge is -2.20. The van der Waals surface area contributed by atoms with Gasteiger partial charge in [-0.25, -0.2) is 4.99 Å². The number of hydrogen-bond donors (Lipinski definition) is 0. The molecule has 0 saturated heterocycles. The number of halogens is 1. The van der Waals surface area contributed by atoms with E-state index in [0.29, 0.717) is 5.92 Å². The highest BCUT2D eigenvalue weighted by molar-refractivity contribution is 9.10. The van der Waals surface area contributed by atoms with Crippen molar-refractivity contribution in [2.45, 2.75) is 25.9 Å². The predicted octanol–water partition coefficient (Wildman–Crippen LogP) is 6.42. The fraction of sp³-hybridized carbons (Fsp3) is 0.250. The van der Waals surface area contributed by atoms with E-state index < -0.39 is 0 Å². The summed E-state index contributed by atoms with van der Waals surface area (Å²) in [7, 11) is 1.79. The minimum atomic E-state index is 0.0302. The maximum Gasteiger partial charge on any atom is 0.0890 e. The van der Waals surface area contributed by atoms with Crippen molar-refractivity contribution in [1.82, 2.24) is 4.98 Å². The van der Waals surface area contributed by atoms with Crippen molar-refractivity contribution in [2.24, 2.45) is 10.9 Å². The number of aliphatic imine (C=N–C) groups is 1. The second kappa shape index (κ2) is 8.38. The van der Waals surface area contributed by atoms with Gasteiger partial charge in [0.25, 0.3) is 0 Å². The molecule has 3 aromatic rings. The smallest absolute Gasteiger partial charge is 0.0890 e. The highest BCUT2D eigenvalue weighted by Gasteiger charge is 2.35. The summed E-state index contributed by atoms with van der Waals surface area (Å²) in [6.07, 6.45) is 4.29. The summed E-state index contributed by atoms with van der Waals surface area (Å²) in [5.41, 5.74) is 6.01. The Morgan fingerprint density at radius 1 is 1.04 bits per heavy atom. The third-order valence-electron chi connectivity index (χ3n) is 5.13. The molecule has 2 aromatic carbocycles. The Balaban J connectivity index is 1.91. The van der Waals surface area contributed by atoms with Crippen LogP contribution in [-0.2, 0) is 4.74 Å². The van der Waals surface area contributed by atoms with Crippen LogP contribution in [0.5, 0.6) is 0 Å². The molecule has 1 atom stereocenters. The van der Waals surface area contributed by atoms with Crippen LogP contribution < -0.4 is 0 Å². The number of aryl methyl sites for hydroxylation is 1. The Kier molecular flexibility index (Phi) is 5.69. The monoisotopic (exact) mass is 434 g/mol. The quantitative estimate of drug-likeness (QED) is 0.419. The Morgan fingerprint density at radius 3 is 2.11 bits per heavy atom. The lowest BCUT2D eigenvalue weighted by molar-refractivity contribution is 0.0844. The van der Waals surface area contributed by atoms with E-state index >= 15 is 0 Å². The number of pyridine rings is 1. The Labute approximate surface area is 174 Å². The lowest BCUT2D eigenvalue weighted by atomic mass is 10.0. The van der Waals surface area contributed by atoms with E-state index in [1.165, 1.54) is 12.8 Å². The first kappa shape index (κ1) is 19.0. The molecule has 0 amide bonds. The summed E-state index contributed by atoms with van der Waals surface area (Å²) in [6, 6.07) is 20.6. The van der Waals surface area contributed by atoms with E-state index in [2.05, 4.69) is 45.2 Å². The molecule has 4 heteroatoms. The molecule has 0 bridgehead atoms. The Morgan fingerprint density at radius 2 is 1.61 bits per heavy atom. The van der Waals surface area contributed by atoms with Crippen LogP contribution >= 0.6 is 15.9 Å². The highest BCUT2D eigenvalue weighted by Crippen LogP contribution is 2.48. The molecule has 3 nitrogen and oxygen atoms in total. The molecular weight excluding hydrogens is 412 g/mol. The van der Waals surface area contributed by atoms with Crippen LogP contribution in [0.4, 0.5) is 5.69 Å². The van der Waals surface area contributed by atoms with Crippen LogP contribution in [-0.4, -0.2) is 17.8 Å².